The molecule has 0 saturated heterocycles. The van der Waals surface area contributed by atoms with Crippen molar-refractivity contribution in [1.82, 2.24) is 14.5 Å². The molecule has 3 aromatic heterocycles. The summed E-state index contributed by atoms with van der Waals surface area (Å²) < 4.78 is 4.83. The zero-order chi connectivity index (χ0) is 22.8. The van der Waals surface area contributed by atoms with Crippen molar-refractivity contribution in [2.45, 2.75) is 0 Å². The van der Waals surface area contributed by atoms with Crippen molar-refractivity contribution < 1.29 is 0 Å². The predicted octanol–water partition coefficient (Wildman–Crippen LogP) is 8.88. The third-order valence-electron chi connectivity index (χ3n) is 7.41. The molecule has 3 heterocycles. The zero-order valence-corrected chi connectivity index (χ0v) is 19.8. The van der Waals surface area contributed by atoms with E-state index in [-0.39, 0.29) is 0 Å². The molecular weight excluding hydrogens is 470 g/mol. The Hall–Kier alpha value is -3.99. The lowest BCUT2D eigenvalue weighted by Crippen LogP contribution is -2.01. The van der Waals surface area contributed by atoms with Crippen LogP contribution >= 0.6 is 22.9 Å². The first kappa shape index (κ1) is 18.4. The minimum atomic E-state index is 0.406. The van der Waals surface area contributed by atoms with Crippen LogP contribution in [0.1, 0.15) is 0 Å². The van der Waals surface area contributed by atoms with E-state index in [2.05, 4.69) is 65.2 Å². The molecule has 0 radical (unpaired) electrons. The van der Waals surface area contributed by atoms with Crippen molar-refractivity contribution in [2.24, 2.45) is 0 Å². The number of thiophene rings is 1. The fourth-order valence-corrected chi connectivity index (χ4v) is 7.42. The fraction of sp³-hybridized carbons (Fsp3) is 0. The van der Waals surface area contributed by atoms with Crippen LogP contribution in [0.3, 0.4) is 0 Å². The van der Waals surface area contributed by atoms with Crippen LogP contribution in [0, 0.1) is 0 Å². The molecule has 8 aromatic rings. The highest BCUT2D eigenvalue weighted by molar-refractivity contribution is 7.26. The van der Waals surface area contributed by atoms with Crippen LogP contribution in [0.15, 0.2) is 84.9 Å². The van der Waals surface area contributed by atoms with Crippen LogP contribution in [0.25, 0.3) is 80.7 Å². The molecule has 0 unspecified atom stereocenters. The summed E-state index contributed by atoms with van der Waals surface area (Å²) in [7, 11) is 0. The van der Waals surface area contributed by atoms with E-state index in [0.717, 1.165) is 22.1 Å². The van der Waals surface area contributed by atoms with Gasteiger partial charge in [0.25, 0.3) is 0 Å². The summed E-state index contributed by atoms with van der Waals surface area (Å²) >= 11 is 8.69. The summed E-state index contributed by atoms with van der Waals surface area (Å²) in [6, 6.07) is 30.1. The Morgan fingerprint density at radius 1 is 0.571 bits per heavy atom. The molecule has 0 bridgehead atoms. The SMILES string of the molecule is Clc1nc2ccccc2nc1-n1c2ccc3cccc4c3c2c2c3c(ccc21)sc1cccc-4c13. The Balaban J connectivity index is 1.61. The van der Waals surface area contributed by atoms with Gasteiger partial charge in [0.1, 0.15) is 0 Å². The first-order valence-corrected chi connectivity index (χ1v) is 12.7. The Kier molecular flexibility index (Phi) is 3.23. The minimum Gasteiger partial charge on any atom is -0.291 e. The van der Waals surface area contributed by atoms with E-state index < -0.39 is 0 Å². The molecule has 35 heavy (non-hydrogen) atoms. The molecular formula is C30H14ClN3S. The van der Waals surface area contributed by atoms with Gasteiger partial charge >= 0.3 is 0 Å². The summed E-state index contributed by atoms with van der Waals surface area (Å²) in [5.41, 5.74) is 6.44. The van der Waals surface area contributed by atoms with Gasteiger partial charge in [-0.2, -0.15) is 0 Å². The molecule has 0 saturated carbocycles. The summed E-state index contributed by atoms with van der Waals surface area (Å²) in [6.07, 6.45) is 0. The molecule has 0 spiro atoms. The van der Waals surface area contributed by atoms with Gasteiger partial charge in [0, 0.05) is 30.9 Å². The van der Waals surface area contributed by atoms with Gasteiger partial charge < -0.3 is 0 Å². The topological polar surface area (TPSA) is 30.7 Å². The average molecular weight is 484 g/mol. The maximum absolute atomic E-state index is 6.82. The maximum Gasteiger partial charge on any atom is 0.176 e. The second kappa shape index (κ2) is 6.16. The lowest BCUT2D eigenvalue weighted by atomic mass is 9.95. The molecule has 3 nitrogen and oxygen atoms in total. The van der Waals surface area contributed by atoms with E-state index in [4.69, 9.17) is 21.6 Å². The van der Waals surface area contributed by atoms with Crippen LogP contribution in [0.5, 0.6) is 0 Å². The lowest BCUT2D eigenvalue weighted by Gasteiger charge is -2.12. The molecule has 0 amide bonds. The largest absolute Gasteiger partial charge is 0.291 e. The van der Waals surface area contributed by atoms with E-state index in [9.17, 15) is 0 Å². The first-order valence-electron chi connectivity index (χ1n) is 11.5. The first-order chi connectivity index (χ1) is 17.3. The van der Waals surface area contributed by atoms with Gasteiger partial charge in [-0.05, 0) is 58.3 Å². The van der Waals surface area contributed by atoms with Crippen LogP contribution in [-0.4, -0.2) is 14.5 Å². The summed E-state index contributed by atoms with van der Waals surface area (Å²) in [5, 5.41) is 8.15. The van der Waals surface area contributed by atoms with Gasteiger partial charge in [-0.25, -0.2) is 9.97 Å². The fourth-order valence-electron chi connectivity index (χ4n) is 6.06. The maximum atomic E-state index is 6.82. The molecule has 5 aromatic carbocycles. The number of fused-ring (bicyclic) bond motifs is 2. The highest BCUT2D eigenvalue weighted by atomic mass is 35.5. The summed E-state index contributed by atoms with van der Waals surface area (Å²) in [4.78, 5) is 9.71. The molecule has 9 rings (SSSR count). The standard InChI is InChI=1S/C30H14ClN3S/c31-29-30(33-19-9-2-1-8-18(19)32-29)34-20-12-11-15-5-3-6-16-17-7-4-10-22-25(17)28-23(35-22)14-13-21(34)27(28)26(20)24(15)16/h1-14H. The predicted molar refractivity (Wildman–Crippen MR) is 148 cm³/mol. The minimum absolute atomic E-state index is 0.406. The number of benzene rings is 5. The van der Waals surface area contributed by atoms with Crippen LogP contribution < -0.4 is 0 Å². The van der Waals surface area contributed by atoms with Gasteiger partial charge in [0.15, 0.2) is 11.0 Å². The quantitative estimate of drug-likeness (QED) is 0.233. The van der Waals surface area contributed by atoms with E-state index in [1.54, 1.807) is 0 Å². The van der Waals surface area contributed by atoms with Gasteiger partial charge in [0.05, 0.1) is 22.1 Å². The second-order valence-corrected chi connectivity index (χ2v) is 10.6. The van der Waals surface area contributed by atoms with Crippen molar-refractivity contribution in [3.63, 3.8) is 0 Å². The Morgan fingerprint density at radius 3 is 2.11 bits per heavy atom. The average Bonchev–Trinajstić information content (AvgIpc) is 3.39. The summed E-state index contributed by atoms with van der Waals surface area (Å²) in [6.45, 7) is 0. The molecule has 162 valence electrons. The Labute approximate surface area is 207 Å². The number of hydrogen-bond acceptors (Lipinski definition) is 3. The number of para-hydroxylation sites is 2. The second-order valence-electron chi connectivity index (χ2n) is 9.14. The van der Waals surface area contributed by atoms with E-state index in [1.807, 2.05) is 35.6 Å². The highest BCUT2D eigenvalue weighted by Crippen LogP contribution is 2.52. The number of aromatic nitrogens is 3. The molecule has 5 heteroatoms. The van der Waals surface area contributed by atoms with Gasteiger partial charge in [0.2, 0.25) is 0 Å². The van der Waals surface area contributed by atoms with Gasteiger partial charge in [-0.1, -0.05) is 60.1 Å². The number of halogens is 1. The zero-order valence-electron chi connectivity index (χ0n) is 18.2. The third-order valence-corrected chi connectivity index (χ3v) is 8.78. The number of nitrogens with zero attached hydrogens (tertiary/aromatic N) is 3. The van der Waals surface area contributed by atoms with Crippen LogP contribution in [0.2, 0.25) is 5.15 Å². The molecule has 0 N–H and O–H groups in total. The molecule has 1 aliphatic rings. The van der Waals surface area contributed by atoms with Crippen molar-refractivity contribution in [3.05, 3.63) is 90.1 Å². The Bertz CT molecular complexity index is 2240. The Morgan fingerprint density at radius 2 is 1.26 bits per heavy atom. The molecule has 0 aliphatic heterocycles. The number of rotatable bonds is 1. The van der Waals surface area contributed by atoms with Crippen LogP contribution in [0.4, 0.5) is 0 Å². The van der Waals surface area contributed by atoms with E-state index >= 15 is 0 Å². The monoisotopic (exact) mass is 483 g/mol. The highest BCUT2D eigenvalue weighted by Gasteiger charge is 2.26. The van der Waals surface area contributed by atoms with Crippen molar-refractivity contribution in [1.29, 1.82) is 0 Å². The van der Waals surface area contributed by atoms with Crippen molar-refractivity contribution in [3.8, 4) is 16.9 Å². The summed E-state index contributed by atoms with van der Waals surface area (Å²) in [5.74, 6) is 0.668. The molecule has 1 aliphatic carbocycles. The smallest absolute Gasteiger partial charge is 0.176 e. The lowest BCUT2D eigenvalue weighted by molar-refractivity contribution is 1.08. The van der Waals surface area contributed by atoms with E-state index in [0.29, 0.717) is 11.0 Å². The molecule has 0 atom stereocenters. The normalized spacial score (nSPS) is 12.7. The number of hydrogen-bond donors (Lipinski definition) is 0. The van der Waals surface area contributed by atoms with Crippen molar-refractivity contribution in [2.75, 3.05) is 0 Å². The van der Waals surface area contributed by atoms with Crippen molar-refractivity contribution >= 4 is 86.7 Å². The molecule has 0 fully saturated rings. The van der Waals surface area contributed by atoms with Gasteiger partial charge in [-0.3, -0.25) is 4.57 Å². The van der Waals surface area contributed by atoms with E-state index in [1.165, 1.54) is 52.8 Å². The van der Waals surface area contributed by atoms with Gasteiger partial charge in [-0.15, -0.1) is 11.3 Å². The third kappa shape index (κ3) is 2.14. The van der Waals surface area contributed by atoms with Crippen LogP contribution in [-0.2, 0) is 0 Å².